The molecule has 1 aromatic carbocycles. The van der Waals surface area contributed by atoms with Gasteiger partial charge in [0, 0.05) is 11.7 Å². The zero-order valence-electron chi connectivity index (χ0n) is 14.5. The van der Waals surface area contributed by atoms with Crippen LogP contribution in [0.3, 0.4) is 0 Å². The zero-order valence-corrected chi connectivity index (χ0v) is 15.3. The van der Waals surface area contributed by atoms with E-state index in [2.05, 4.69) is 31.4 Å². The summed E-state index contributed by atoms with van der Waals surface area (Å²) in [5.41, 5.74) is 1.39. The van der Waals surface area contributed by atoms with E-state index in [4.69, 9.17) is 17.0 Å². The van der Waals surface area contributed by atoms with Gasteiger partial charge in [-0.3, -0.25) is 0 Å². The first-order valence-corrected chi connectivity index (χ1v) is 8.67. The van der Waals surface area contributed by atoms with Crippen LogP contribution in [0.2, 0.25) is 0 Å². The van der Waals surface area contributed by atoms with Gasteiger partial charge in [0.25, 0.3) is 0 Å². The highest BCUT2D eigenvalue weighted by Crippen LogP contribution is 2.11. The average molecular weight is 337 g/mol. The summed E-state index contributed by atoms with van der Waals surface area (Å²) in [7, 11) is 0. The van der Waals surface area contributed by atoms with Crippen molar-refractivity contribution in [3.8, 4) is 0 Å². The van der Waals surface area contributed by atoms with Crippen LogP contribution in [0.4, 0.5) is 5.69 Å². The first kappa shape index (κ1) is 19.4. The Bertz CT molecular complexity index is 500. The molecule has 0 saturated carbocycles. The van der Waals surface area contributed by atoms with E-state index in [-0.39, 0.29) is 5.97 Å². The third-order valence-electron chi connectivity index (χ3n) is 3.45. The third kappa shape index (κ3) is 7.98. The molecule has 1 unspecified atom stereocenters. The molecule has 1 aromatic rings. The van der Waals surface area contributed by atoms with Crippen molar-refractivity contribution in [2.45, 2.75) is 53.0 Å². The van der Waals surface area contributed by atoms with Crippen LogP contribution in [0.1, 0.15) is 57.3 Å². The molecular weight excluding hydrogens is 308 g/mol. The van der Waals surface area contributed by atoms with E-state index in [0.29, 0.717) is 23.3 Å². The summed E-state index contributed by atoms with van der Waals surface area (Å²) in [5, 5.41) is 7.03. The molecule has 5 heteroatoms. The number of anilines is 1. The predicted molar refractivity (Wildman–Crippen MR) is 99.9 cm³/mol. The Balaban J connectivity index is 2.40. The first-order chi connectivity index (χ1) is 10.9. The fraction of sp³-hybridized carbons (Fsp3) is 0.556. The SMILES string of the molecule is CCOC(=O)c1ccc(NC(=S)NC(C)CCCC(C)C)cc1. The lowest BCUT2D eigenvalue weighted by Crippen LogP contribution is -2.35. The highest BCUT2D eigenvalue weighted by molar-refractivity contribution is 7.80. The van der Waals surface area contributed by atoms with E-state index in [1.54, 1.807) is 19.1 Å². The molecule has 0 amide bonds. The van der Waals surface area contributed by atoms with Gasteiger partial charge in [0.1, 0.15) is 0 Å². The minimum atomic E-state index is -0.307. The molecule has 0 bridgehead atoms. The van der Waals surface area contributed by atoms with E-state index in [9.17, 15) is 4.79 Å². The molecule has 0 aliphatic rings. The lowest BCUT2D eigenvalue weighted by Gasteiger charge is -2.17. The first-order valence-electron chi connectivity index (χ1n) is 8.27. The molecule has 0 aromatic heterocycles. The smallest absolute Gasteiger partial charge is 0.338 e. The standard InChI is InChI=1S/C18H28N2O2S/c1-5-22-17(21)15-9-11-16(12-10-15)20-18(23)19-14(4)8-6-7-13(2)3/h9-14H,5-8H2,1-4H3,(H2,19,20,23). The average Bonchev–Trinajstić information content (AvgIpc) is 2.47. The Labute approximate surface area is 145 Å². The molecule has 0 aliphatic heterocycles. The second-order valence-corrected chi connectivity index (χ2v) is 6.53. The second-order valence-electron chi connectivity index (χ2n) is 6.12. The van der Waals surface area contributed by atoms with Crippen LogP contribution in [0.25, 0.3) is 0 Å². The van der Waals surface area contributed by atoms with Crippen molar-refractivity contribution >= 4 is 29.0 Å². The fourth-order valence-electron chi connectivity index (χ4n) is 2.20. The third-order valence-corrected chi connectivity index (χ3v) is 3.67. The largest absolute Gasteiger partial charge is 0.462 e. The number of carbonyl (C=O) groups is 1. The minimum absolute atomic E-state index is 0.307. The van der Waals surface area contributed by atoms with E-state index < -0.39 is 0 Å². The van der Waals surface area contributed by atoms with Crippen molar-refractivity contribution in [2.75, 3.05) is 11.9 Å². The Morgan fingerprint density at radius 3 is 2.39 bits per heavy atom. The number of nitrogens with one attached hydrogen (secondary N) is 2. The normalized spacial score (nSPS) is 11.9. The molecule has 0 aliphatic carbocycles. The highest BCUT2D eigenvalue weighted by atomic mass is 32.1. The predicted octanol–water partition coefficient (Wildman–Crippen LogP) is 4.36. The van der Waals surface area contributed by atoms with Crippen LogP contribution in [0.15, 0.2) is 24.3 Å². The number of hydrogen-bond acceptors (Lipinski definition) is 3. The molecule has 1 atom stereocenters. The number of hydrogen-bond donors (Lipinski definition) is 2. The number of carbonyl (C=O) groups excluding carboxylic acids is 1. The summed E-state index contributed by atoms with van der Waals surface area (Å²) in [6, 6.07) is 7.45. The molecular formula is C18H28N2O2S. The summed E-state index contributed by atoms with van der Waals surface area (Å²) in [5.74, 6) is 0.434. The molecule has 23 heavy (non-hydrogen) atoms. The summed E-state index contributed by atoms with van der Waals surface area (Å²) < 4.78 is 4.96. The number of rotatable bonds is 8. The monoisotopic (exact) mass is 336 g/mol. The van der Waals surface area contributed by atoms with Gasteiger partial charge in [0.15, 0.2) is 5.11 Å². The summed E-state index contributed by atoms with van der Waals surface area (Å²) in [6.45, 7) is 8.79. The molecule has 4 nitrogen and oxygen atoms in total. The topological polar surface area (TPSA) is 50.4 Å². The maximum absolute atomic E-state index is 11.6. The molecule has 0 spiro atoms. The van der Waals surface area contributed by atoms with Crippen LogP contribution < -0.4 is 10.6 Å². The fourth-order valence-corrected chi connectivity index (χ4v) is 2.52. The van der Waals surface area contributed by atoms with Crippen LogP contribution in [-0.2, 0) is 4.74 Å². The minimum Gasteiger partial charge on any atom is -0.462 e. The Morgan fingerprint density at radius 1 is 1.17 bits per heavy atom. The number of benzene rings is 1. The molecule has 128 valence electrons. The maximum atomic E-state index is 11.6. The van der Waals surface area contributed by atoms with E-state index in [1.807, 2.05) is 12.1 Å². The number of thiocarbonyl (C=S) groups is 1. The van der Waals surface area contributed by atoms with Crippen LogP contribution in [-0.4, -0.2) is 23.7 Å². The summed E-state index contributed by atoms with van der Waals surface area (Å²) in [6.07, 6.45) is 3.53. The lowest BCUT2D eigenvalue weighted by atomic mass is 10.0. The summed E-state index contributed by atoms with van der Waals surface area (Å²) in [4.78, 5) is 11.6. The molecule has 0 heterocycles. The van der Waals surface area contributed by atoms with E-state index in [0.717, 1.165) is 18.0 Å². The Kier molecular flexibility index (Phi) is 8.62. The van der Waals surface area contributed by atoms with E-state index in [1.165, 1.54) is 12.8 Å². The van der Waals surface area contributed by atoms with Crippen LogP contribution >= 0.6 is 12.2 Å². The summed E-state index contributed by atoms with van der Waals surface area (Å²) >= 11 is 5.33. The zero-order chi connectivity index (χ0) is 17.2. The second kappa shape index (κ2) is 10.2. The van der Waals surface area contributed by atoms with Crippen molar-refractivity contribution in [1.82, 2.24) is 5.32 Å². The molecule has 0 radical (unpaired) electrons. The van der Waals surface area contributed by atoms with Gasteiger partial charge in [-0.15, -0.1) is 0 Å². The van der Waals surface area contributed by atoms with Gasteiger partial charge in [-0.05, 0) is 62.7 Å². The quantitative estimate of drug-likeness (QED) is 0.545. The van der Waals surface area contributed by atoms with Crippen molar-refractivity contribution < 1.29 is 9.53 Å². The lowest BCUT2D eigenvalue weighted by molar-refractivity contribution is 0.0526. The Hall–Kier alpha value is -1.62. The Morgan fingerprint density at radius 2 is 1.83 bits per heavy atom. The van der Waals surface area contributed by atoms with E-state index >= 15 is 0 Å². The van der Waals surface area contributed by atoms with Crippen molar-refractivity contribution in [3.63, 3.8) is 0 Å². The van der Waals surface area contributed by atoms with Gasteiger partial charge in [-0.1, -0.05) is 26.7 Å². The highest BCUT2D eigenvalue weighted by Gasteiger charge is 2.07. The van der Waals surface area contributed by atoms with Gasteiger partial charge >= 0.3 is 5.97 Å². The van der Waals surface area contributed by atoms with Crippen LogP contribution in [0.5, 0.6) is 0 Å². The molecule has 0 fully saturated rings. The molecule has 0 saturated heterocycles. The number of ether oxygens (including phenoxy) is 1. The molecule has 1 rings (SSSR count). The van der Waals surface area contributed by atoms with Gasteiger partial charge in [0.05, 0.1) is 12.2 Å². The van der Waals surface area contributed by atoms with Crippen molar-refractivity contribution in [3.05, 3.63) is 29.8 Å². The van der Waals surface area contributed by atoms with Crippen molar-refractivity contribution in [1.29, 1.82) is 0 Å². The molecule has 2 N–H and O–H groups in total. The van der Waals surface area contributed by atoms with Gasteiger partial charge in [-0.25, -0.2) is 4.79 Å². The maximum Gasteiger partial charge on any atom is 0.338 e. The van der Waals surface area contributed by atoms with Crippen LogP contribution in [0, 0.1) is 5.92 Å². The van der Waals surface area contributed by atoms with Gasteiger partial charge < -0.3 is 15.4 Å². The van der Waals surface area contributed by atoms with Gasteiger partial charge in [-0.2, -0.15) is 0 Å². The van der Waals surface area contributed by atoms with Crippen molar-refractivity contribution in [2.24, 2.45) is 5.92 Å². The van der Waals surface area contributed by atoms with Gasteiger partial charge in [0.2, 0.25) is 0 Å². The number of esters is 1.